The highest BCUT2D eigenvalue weighted by Gasteiger charge is 2.47. The third-order valence-corrected chi connectivity index (χ3v) is 3.76. The predicted molar refractivity (Wildman–Crippen MR) is 67.8 cm³/mol. The average molecular weight is 280 g/mol. The SMILES string of the molecule is C=C1[C@@H](n2cnc3c(=O)[nH]cnc32)C(F)[C@H](O)[C@H]1CO. The molecule has 106 valence electrons. The molecular weight excluding hydrogens is 267 g/mol. The number of halogens is 1. The molecule has 0 amide bonds. The number of imidazole rings is 1. The molecule has 0 aliphatic heterocycles. The van der Waals surface area contributed by atoms with Crippen molar-refractivity contribution in [2.75, 3.05) is 6.61 Å². The maximum Gasteiger partial charge on any atom is 0.278 e. The second kappa shape index (κ2) is 4.50. The first-order valence-electron chi connectivity index (χ1n) is 6.08. The summed E-state index contributed by atoms with van der Waals surface area (Å²) in [6.45, 7) is 3.36. The van der Waals surface area contributed by atoms with Gasteiger partial charge >= 0.3 is 0 Å². The molecule has 4 atom stereocenters. The lowest BCUT2D eigenvalue weighted by Crippen LogP contribution is -2.27. The Kier molecular flexibility index (Phi) is 2.91. The van der Waals surface area contributed by atoms with Crippen molar-refractivity contribution < 1.29 is 14.6 Å². The molecular formula is C12H13FN4O3. The highest BCUT2D eigenvalue weighted by Crippen LogP contribution is 2.41. The number of H-pyrrole nitrogens is 1. The van der Waals surface area contributed by atoms with Gasteiger partial charge in [0.1, 0.15) is 0 Å². The Balaban J connectivity index is 2.14. The molecule has 20 heavy (non-hydrogen) atoms. The van der Waals surface area contributed by atoms with E-state index in [4.69, 9.17) is 0 Å². The first-order valence-corrected chi connectivity index (χ1v) is 6.08. The molecule has 0 radical (unpaired) electrons. The number of rotatable bonds is 2. The Labute approximate surface area is 112 Å². The van der Waals surface area contributed by atoms with Crippen molar-refractivity contribution in [3.05, 3.63) is 35.2 Å². The summed E-state index contributed by atoms with van der Waals surface area (Å²) in [6.07, 6.45) is -0.481. The molecule has 1 fully saturated rings. The van der Waals surface area contributed by atoms with Crippen molar-refractivity contribution in [3.8, 4) is 0 Å². The van der Waals surface area contributed by atoms with Crippen molar-refractivity contribution in [3.63, 3.8) is 0 Å². The number of aromatic amines is 1. The fourth-order valence-electron chi connectivity index (χ4n) is 2.68. The van der Waals surface area contributed by atoms with Crippen LogP contribution in [0.15, 0.2) is 29.6 Å². The van der Waals surface area contributed by atoms with Crippen LogP contribution in [0.5, 0.6) is 0 Å². The zero-order valence-electron chi connectivity index (χ0n) is 10.4. The van der Waals surface area contributed by atoms with Gasteiger partial charge in [0.2, 0.25) is 0 Å². The summed E-state index contributed by atoms with van der Waals surface area (Å²) in [7, 11) is 0. The van der Waals surface area contributed by atoms with E-state index in [-0.39, 0.29) is 11.2 Å². The Morgan fingerprint density at radius 3 is 2.90 bits per heavy atom. The summed E-state index contributed by atoms with van der Waals surface area (Å²) in [5.41, 5.74) is 0.240. The maximum absolute atomic E-state index is 14.3. The van der Waals surface area contributed by atoms with Gasteiger partial charge in [-0.1, -0.05) is 6.58 Å². The molecule has 1 aliphatic carbocycles. The second-order valence-corrected chi connectivity index (χ2v) is 4.80. The summed E-state index contributed by atoms with van der Waals surface area (Å²) in [4.78, 5) is 21.9. The van der Waals surface area contributed by atoms with E-state index in [0.29, 0.717) is 5.57 Å². The quantitative estimate of drug-likeness (QED) is 0.646. The fraction of sp³-hybridized carbons (Fsp3) is 0.417. The summed E-state index contributed by atoms with van der Waals surface area (Å²) in [5, 5.41) is 19.0. The van der Waals surface area contributed by atoms with Crippen LogP contribution in [0.2, 0.25) is 0 Å². The molecule has 7 nitrogen and oxygen atoms in total. The minimum Gasteiger partial charge on any atom is -0.396 e. The van der Waals surface area contributed by atoms with Crippen molar-refractivity contribution in [2.24, 2.45) is 5.92 Å². The summed E-state index contributed by atoms with van der Waals surface area (Å²) < 4.78 is 15.6. The predicted octanol–water partition coefficient (Wildman–Crippen LogP) is -0.462. The standard InChI is InChI=1S/C12H13FN4O3/c1-5-6(2-18)10(19)7(13)9(5)17-4-16-8-11(17)14-3-15-12(8)20/h3-4,6-7,9-10,18-19H,1-2H2,(H,14,15,20)/t6-,7?,9+,10+/m0/s1. The minimum atomic E-state index is -1.64. The van der Waals surface area contributed by atoms with Gasteiger partial charge in [-0.25, -0.2) is 14.4 Å². The van der Waals surface area contributed by atoms with Crippen LogP contribution in [-0.4, -0.2) is 48.6 Å². The van der Waals surface area contributed by atoms with Crippen molar-refractivity contribution in [2.45, 2.75) is 18.3 Å². The lowest BCUT2D eigenvalue weighted by atomic mass is 10.0. The molecule has 8 heteroatoms. The van der Waals surface area contributed by atoms with Gasteiger partial charge in [-0.15, -0.1) is 0 Å². The monoisotopic (exact) mass is 280 g/mol. The largest absolute Gasteiger partial charge is 0.396 e. The number of aliphatic hydroxyl groups excluding tert-OH is 2. The van der Waals surface area contributed by atoms with Gasteiger partial charge < -0.3 is 19.8 Å². The zero-order valence-corrected chi connectivity index (χ0v) is 10.4. The maximum atomic E-state index is 14.3. The molecule has 2 heterocycles. The van der Waals surface area contributed by atoms with Crippen LogP contribution < -0.4 is 5.56 Å². The van der Waals surface area contributed by atoms with E-state index in [0.717, 1.165) is 0 Å². The Morgan fingerprint density at radius 2 is 2.25 bits per heavy atom. The summed E-state index contributed by atoms with van der Waals surface area (Å²) in [5.74, 6) is -0.741. The van der Waals surface area contributed by atoms with Gasteiger partial charge in [0.05, 0.1) is 31.4 Å². The molecule has 2 aromatic heterocycles. The smallest absolute Gasteiger partial charge is 0.278 e. The number of fused-ring (bicyclic) bond motifs is 1. The van der Waals surface area contributed by atoms with Gasteiger partial charge in [0.15, 0.2) is 17.3 Å². The molecule has 0 spiro atoms. The first-order chi connectivity index (χ1) is 9.56. The molecule has 0 aromatic carbocycles. The number of nitrogens with zero attached hydrogens (tertiary/aromatic N) is 3. The van der Waals surface area contributed by atoms with Gasteiger partial charge in [-0.05, 0) is 5.57 Å². The van der Waals surface area contributed by atoms with Crippen molar-refractivity contribution >= 4 is 11.2 Å². The van der Waals surface area contributed by atoms with E-state index >= 15 is 0 Å². The van der Waals surface area contributed by atoms with Gasteiger partial charge in [-0.3, -0.25) is 4.79 Å². The van der Waals surface area contributed by atoms with Crippen LogP contribution >= 0.6 is 0 Å². The molecule has 1 saturated carbocycles. The lowest BCUT2D eigenvalue weighted by molar-refractivity contribution is 0.0426. The van der Waals surface area contributed by atoms with E-state index < -0.39 is 36.4 Å². The van der Waals surface area contributed by atoms with Crippen molar-refractivity contribution in [1.82, 2.24) is 19.5 Å². The zero-order chi connectivity index (χ0) is 14.4. The van der Waals surface area contributed by atoms with Crippen LogP contribution in [0.25, 0.3) is 11.2 Å². The fourth-order valence-corrected chi connectivity index (χ4v) is 2.68. The molecule has 1 aliphatic rings. The number of aromatic nitrogens is 4. The first kappa shape index (κ1) is 12.9. The van der Waals surface area contributed by atoms with E-state index in [1.807, 2.05) is 0 Å². The Morgan fingerprint density at radius 1 is 1.50 bits per heavy atom. The number of alkyl halides is 1. The Bertz CT molecular complexity index is 725. The number of nitrogens with one attached hydrogen (secondary N) is 1. The summed E-state index contributed by atoms with van der Waals surface area (Å²) >= 11 is 0. The molecule has 0 bridgehead atoms. The number of hydrogen-bond acceptors (Lipinski definition) is 5. The van der Waals surface area contributed by atoms with Gasteiger partial charge in [-0.2, -0.15) is 0 Å². The highest BCUT2D eigenvalue weighted by molar-refractivity contribution is 5.69. The second-order valence-electron chi connectivity index (χ2n) is 4.80. The van der Waals surface area contributed by atoms with E-state index in [2.05, 4.69) is 21.5 Å². The molecule has 1 unspecified atom stereocenters. The number of hydrogen-bond donors (Lipinski definition) is 3. The minimum absolute atomic E-state index is 0.0921. The van der Waals surface area contributed by atoms with Gasteiger partial charge in [0, 0.05) is 5.92 Å². The number of aliphatic hydroxyl groups is 2. The van der Waals surface area contributed by atoms with Crippen molar-refractivity contribution in [1.29, 1.82) is 0 Å². The molecule has 3 rings (SSSR count). The molecule has 3 N–H and O–H groups in total. The van der Waals surface area contributed by atoms with Crippen LogP contribution in [0, 0.1) is 5.92 Å². The van der Waals surface area contributed by atoms with E-state index in [1.54, 1.807) is 0 Å². The highest BCUT2D eigenvalue weighted by atomic mass is 19.1. The Hall–Kier alpha value is -2.06. The van der Waals surface area contributed by atoms with Gasteiger partial charge in [0.25, 0.3) is 5.56 Å². The molecule has 2 aromatic rings. The summed E-state index contributed by atoms with van der Waals surface area (Å²) in [6, 6.07) is -0.901. The average Bonchev–Trinajstić information content (AvgIpc) is 2.92. The van der Waals surface area contributed by atoms with Crippen LogP contribution in [-0.2, 0) is 0 Å². The van der Waals surface area contributed by atoms with E-state index in [9.17, 15) is 19.4 Å². The third kappa shape index (κ3) is 1.61. The normalized spacial score (nSPS) is 30.2. The molecule has 0 saturated heterocycles. The van der Waals surface area contributed by atoms with Crippen LogP contribution in [0.3, 0.4) is 0 Å². The third-order valence-electron chi connectivity index (χ3n) is 3.76. The lowest BCUT2D eigenvalue weighted by Gasteiger charge is -2.17. The van der Waals surface area contributed by atoms with Crippen LogP contribution in [0.1, 0.15) is 6.04 Å². The van der Waals surface area contributed by atoms with Crippen LogP contribution in [0.4, 0.5) is 4.39 Å². The van der Waals surface area contributed by atoms with E-state index in [1.165, 1.54) is 17.2 Å². The topological polar surface area (TPSA) is 104 Å².